The highest BCUT2D eigenvalue weighted by Crippen LogP contribution is 2.35. The number of anilines is 4. The highest BCUT2D eigenvalue weighted by molar-refractivity contribution is 8.00. The van der Waals surface area contributed by atoms with E-state index in [0.717, 1.165) is 86.6 Å². The molecule has 2 heterocycles. The minimum absolute atomic E-state index is 0.0128. The maximum absolute atomic E-state index is 12.8. The van der Waals surface area contributed by atoms with Gasteiger partial charge in [0.25, 0.3) is 0 Å². The van der Waals surface area contributed by atoms with E-state index in [9.17, 15) is 45.6 Å². The summed E-state index contributed by atoms with van der Waals surface area (Å²) in [5.41, 5.74) is 7.26. The van der Waals surface area contributed by atoms with Gasteiger partial charge in [-0.2, -0.15) is 0 Å². The van der Waals surface area contributed by atoms with Crippen molar-refractivity contribution >= 4 is 123 Å². The number of sulfonamides is 1. The molecule has 2 aromatic heterocycles. The number of halogens is 1. The highest BCUT2D eigenvalue weighted by Gasteiger charge is 2.30. The van der Waals surface area contributed by atoms with Gasteiger partial charge in [-0.05, 0) is 56.2 Å². The molecule has 0 saturated heterocycles. The van der Waals surface area contributed by atoms with Crippen LogP contribution in [-0.2, 0) is 45.6 Å². The number of nitrogens with zero attached hydrogens (tertiary/aromatic N) is 2. The predicted octanol–water partition coefficient (Wildman–Crippen LogP) is 5.61. The van der Waals surface area contributed by atoms with Crippen LogP contribution in [0, 0.1) is 11.8 Å². The number of aromatic nitrogens is 2. The Labute approximate surface area is 381 Å². The monoisotopic (exact) mass is 980 g/mol. The first-order chi connectivity index (χ1) is 29.7. The largest absolute Gasteiger partial charge is 0.317 e. The number of para-hydroxylation sites is 2. The average molecular weight is 982 g/mol. The van der Waals surface area contributed by atoms with Gasteiger partial charge in [0.2, 0.25) is 10.0 Å². The van der Waals surface area contributed by atoms with Crippen molar-refractivity contribution in [3.8, 4) is 0 Å². The average Bonchev–Trinajstić information content (AvgIpc) is 4.08. The molecule has 2 aromatic carbocycles. The van der Waals surface area contributed by atoms with Gasteiger partial charge < -0.3 is 16.4 Å². The number of nitrogens with one attached hydrogen (secondary N) is 5. The van der Waals surface area contributed by atoms with Gasteiger partial charge in [0.1, 0.15) is 10.0 Å². The normalized spacial score (nSPS) is 14.9. The number of hydrogen-bond acceptors (Lipinski definition) is 16. The number of hydrogen-bond donors (Lipinski definition) is 6. The lowest BCUT2D eigenvalue weighted by Gasteiger charge is -2.13. The molecule has 0 spiro atoms. The lowest BCUT2D eigenvalue weighted by atomic mass is 9.95. The van der Waals surface area contributed by atoms with Gasteiger partial charge in [-0.15, -0.1) is 11.8 Å². The van der Waals surface area contributed by atoms with E-state index in [-0.39, 0.29) is 55.9 Å². The molecule has 0 bridgehead atoms. The van der Waals surface area contributed by atoms with Crippen molar-refractivity contribution in [3.63, 3.8) is 0 Å². The van der Waals surface area contributed by atoms with Crippen LogP contribution in [0.2, 0.25) is 4.34 Å². The molecule has 1 unspecified atom stereocenters. The molecule has 0 radical (unpaired) electrons. The molecule has 2 saturated carbocycles. The Bertz CT molecular complexity index is 2610. The second-order valence-electron chi connectivity index (χ2n) is 14.6. The number of benzene rings is 2. The van der Waals surface area contributed by atoms with Crippen LogP contribution in [0.4, 0.5) is 21.6 Å². The zero-order chi connectivity index (χ0) is 46.1. The first kappa shape index (κ1) is 49.4. The van der Waals surface area contributed by atoms with E-state index in [1.165, 1.54) is 11.8 Å². The molecule has 2 aliphatic rings. The fraction of sp³-hybridized carbons (Fsp3) is 0.385. The van der Waals surface area contributed by atoms with Gasteiger partial charge in [0.15, 0.2) is 37.0 Å². The van der Waals surface area contributed by atoms with Crippen molar-refractivity contribution in [1.29, 1.82) is 0 Å². The molecule has 7 N–H and O–H groups in total. The third kappa shape index (κ3) is 13.7. The Balaban J connectivity index is 0.000000238. The van der Waals surface area contributed by atoms with Crippen molar-refractivity contribution in [1.82, 2.24) is 14.7 Å². The van der Waals surface area contributed by atoms with Crippen LogP contribution >= 0.6 is 46.0 Å². The number of carbonyl (C=O) groups is 6. The van der Waals surface area contributed by atoms with Gasteiger partial charge in [0.05, 0.1) is 34.1 Å². The fourth-order valence-corrected chi connectivity index (χ4v) is 10.6. The van der Waals surface area contributed by atoms with Crippen LogP contribution in [0.3, 0.4) is 0 Å². The van der Waals surface area contributed by atoms with E-state index in [0.29, 0.717) is 26.7 Å². The molecule has 4 aromatic rings. The molecule has 6 rings (SSSR count). The van der Waals surface area contributed by atoms with E-state index in [1.54, 1.807) is 54.8 Å². The Hall–Kier alpha value is -4.62. The lowest BCUT2D eigenvalue weighted by Crippen LogP contribution is -2.30. The van der Waals surface area contributed by atoms with E-state index in [1.807, 2.05) is 0 Å². The summed E-state index contributed by atoms with van der Waals surface area (Å²) in [5.74, 6) is -4.13. The Kier molecular flexibility index (Phi) is 17.1. The summed E-state index contributed by atoms with van der Waals surface area (Å²) in [6, 6.07) is 13.2. The lowest BCUT2D eigenvalue weighted by molar-refractivity contribution is -0.133. The first-order valence-corrected chi connectivity index (χ1v) is 26.4. The molecule has 18 nitrogen and oxygen atoms in total. The number of rotatable bonds is 14. The van der Waals surface area contributed by atoms with Gasteiger partial charge >= 0.3 is 23.6 Å². The zero-order valence-electron chi connectivity index (χ0n) is 34.2. The first-order valence-electron chi connectivity index (χ1n) is 19.4. The second-order valence-corrected chi connectivity index (χ2v) is 22.3. The Morgan fingerprint density at radius 3 is 1.57 bits per heavy atom. The minimum Gasteiger partial charge on any atom is -0.317 e. The number of carbonyl (C=O) groups excluding carboxylic acids is 6. The van der Waals surface area contributed by atoms with Crippen molar-refractivity contribution in [2.75, 3.05) is 40.0 Å². The number of thioether (sulfide) groups is 1. The topological polar surface area (TPSA) is 283 Å². The van der Waals surface area contributed by atoms with Crippen LogP contribution in [-0.4, -0.2) is 80.8 Å². The molecular weight excluding hydrogens is 936 g/mol. The van der Waals surface area contributed by atoms with Gasteiger partial charge in [-0.1, -0.05) is 84.2 Å². The van der Waals surface area contributed by atoms with E-state index < -0.39 is 48.9 Å². The number of amides is 4. The van der Waals surface area contributed by atoms with Gasteiger partial charge in [-0.25, -0.2) is 31.5 Å². The Morgan fingerprint density at radius 2 is 1.14 bits per heavy atom. The highest BCUT2D eigenvalue weighted by atomic mass is 35.5. The number of Topliss-reactive ketones (excluding diaryl/α,β-unsaturated/α-hetero) is 2. The van der Waals surface area contributed by atoms with E-state index in [4.69, 9.17) is 17.3 Å². The molecule has 63 heavy (non-hydrogen) atoms. The summed E-state index contributed by atoms with van der Waals surface area (Å²) in [6.07, 6.45) is 11.1. The smallest absolute Gasteiger partial charge is 0.315 e. The van der Waals surface area contributed by atoms with Gasteiger partial charge in [-0.3, -0.25) is 39.4 Å². The van der Waals surface area contributed by atoms with Gasteiger partial charge in [0, 0.05) is 29.2 Å². The van der Waals surface area contributed by atoms with Crippen LogP contribution in [0.1, 0.15) is 88.8 Å². The van der Waals surface area contributed by atoms with Crippen molar-refractivity contribution in [2.45, 2.75) is 67.5 Å². The third-order valence-corrected chi connectivity index (χ3v) is 15.1. The summed E-state index contributed by atoms with van der Waals surface area (Å²) >= 11 is 9.25. The second kappa shape index (κ2) is 21.8. The fourth-order valence-electron chi connectivity index (χ4n) is 6.70. The maximum Gasteiger partial charge on any atom is 0.315 e. The maximum atomic E-state index is 12.8. The molecule has 0 aliphatic heterocycles. The molecule has 2 aliphatic carbocycles. The number of ketones is 2. The molecule has 24 heteroatoms. The standard InChI is InChI=1S/C20H24N4O5S3.C19H21ClN4O5S2/c1-30-19-15(11-21-32(2,28)29)23-20(31-19)24-18(27)17(26)22-14-10-6-5-9-13(14)16(25)12-7-3-4-8-12;1-31(28,29)16(21)13-15(20)30-19(23-13)24-18(27)17(26)22-12-9-5-4-8-11(12)14(25)10-6-2-3-7-10/h5-6,9-10,12,21H,3-4,7-8,11H2,1-2H3,(H,22,26)(H,23,24,27);4-5,8-10,16H,2-3,6-7,21H2,1H3,(H,22,26)(H,23,24,27). The Morgan fingerprint density at radius 1 is 0.714 bits per heavy atom. The molecule has 2 fully saturated rings. The quantitative estimate of drug-likeness (QED) is 0.0509. The molecule has 4 amide bonds. The summed E-state index contributed by atoms with van der Waals surface area (Å²) < 4.78 is 48.9. The third-order valence-electron chi connectivity index (χ3n) is 9.88. The predicted molar refractivity (Wildman–Crippen MR) is 244 cm³/mol. The summed E-state index contributed by atoms with van der Waals surface area (Å²) in [7, 11) is -7.06. The minimum atomic E-state index is -3.66. The van der Waals surface area contributed by atoms with Crippen LogP contribution in [0.15, 0.2) is 52.7 Å². The molecular formula is C39H45ClN8O10S5. The van der Waals surface area contributed by atoms with Crippen LogP contribution in [0.25, 0.3) is 0 Å². The number of thiazole rings is 2. The summed E-state index contributed by atoms with van der Waals surface area (Å²) in [6.45, 7) is -0.0236. The van der Waals surface area contributed by atoms with Crippen LogP contribution in [0.5, 0.6) is 0 Å². The summed E-state index contributed by atoms with van der Waals surface area (Å²) in [4.78, 5) is 83.3. The van der Waals surface area contributed by atoms with E-state index >= 15 is 0 Å². The summed E-state index contributed by atoms with van der Waals surface area (Å²) in [5, 5.41) is 8.33. The zero-order valence-corrected chi connectivity index (χ0v) is 39.0. The SMILES string of the molecule is CS(=O)(=O)C(N)c1nc(NC(=O)C(=O)Nc2ccccc2C(=O)C2CCCC2)sc1Cl.CSc1sc(NC(=O)C(=O)Nc2ccccc2C(=O)C2CCCC2)nc1CNS(C)(=O)=O. The van der Waals surface area contributed by atoms with Crippen LogP contribution < -0.4 is 31.7 Å². The molecule has 338 valence electrons. The van der Waals surface area contributed by atoms with Crippen molar-refractivity contribution < 1.29 is 45.6 Å². The van der Waals surface area contributed by atoms with E-state index in [2.05, 4.69) is 36.0 Å². The number of sulfone groups is 1. The number of nitrogens with two attached hydrogens (primary N) is 1. The molecule has 1 atom stereocenters. The van der Waals surface area contributed by atoms with Crippen molar-refractivity contribution in [3.05, 3.63) is 75.4 Å². The van der Waals surface area contributed by atoms with Crippen molar-refractivity contribution in [2.24, 2.45) is 17.6 Å².